The van der Waals surface area contributed by atoms with E-state index in [1.165, 1.54) is 6.92 Å². The normalized spacial score (nSPS) is 22.6. The second-order valence-electron chi connectivity index (χ2n) is 5.60. The average molecular weight is 269 g/mol. The maximum atomic E-state index is 11.9. The Kier molecular flexibility index (Phi) is 4.47. The van der Waals surface area contributed by atoms with Crippen LogP contribution in [0.3, 0.4) is 0 Å². The minimum atomic E-state index is -1.34. The van der Waals surface area contributed by atoms with E-state index >= 15 is 0 Å². The van der Waals surface area contributed by atoms with Gasteiger partial charge < -0.3 is 15.3 Å². The SMILES string of the molecule is C[C@@H](O)[C@H](N=CC1=C(O)CC(C)(C)CC1=O)C(=O)O. The molecule has 19 heavy (non-hydrogen) atoms. The van der Waals surface area contributed by atoms with Gasteiger partial charge in [-0.05, 0) is 12.3 Å². The first-order valence-electron chi connectivity index (χ1n) is 6.03. The van der Waals surface area contributed by atoms with Gasteiger partial charge in [0.15, 0.2) is 11.8 Å². The van der Waals surface area contributed by atoms with E-state index in [0.29, 0.717) is 6.42 Å². The maximum Gasteiger partial charge on any atom is 0.331 e. The van der Waals surface area contributed by atoms with Crippen molar-refractivity contribution in [2.45, 2.75) is 45.8 Å². The molecular formula is C13H19NO5. The molecule has 0 saturated heterocycles. The van der Waals surface area contributed by atoms with Crippen molar-refractivity contribution >= 4 is 18.0 Å². The summed E-state index contributed by atoms with van der Waals surface area (Å²) in [6.07, 6.45) is 0.488. The fourth-order valence-corrected chi connectivity index (χ4v) is 2.00. The first-order chi connectivity index (χ1) is 8.64. The average Bonchev–Trinajstić information content (AvgIpc) is 2.19. The zero-order chi connectivity index (χ0) is 14.8. The molecule has 0 radical (unpaired) electrons. The predicted molar refractivity (Wildman–Crippen MR) is 69.3 cm³/mol. The van der Waals surface area contributed by atoms with Gasteiger partial charge in [0.05, 0.1) is 11.7 Å². The zero-order valence-corrected chi connectivity index (χ0v) is 11.3. The number of carbonyl (C=O) groups is 2. The summed E-state index contributed by atoms with van der Waals surface area (Å²) in [5.74, 6) is -1.64. The largest absolute Gasteiger partial charge is 0.511 e. The molecule has 0 aromatic rings. The molecule has 2 atom stereocenters. The van der Waals surface area contributed by atoms with E-state index in [4.69, 9.17) is 5.11 Å². The molecule has 0 aromatic heterocycles. The number of aliphatic carboxylic acids is 1. The molecule has 6 heteroatoms. The van der Waals surface area contributed by atoms with E-state index in [1.807, 2.05) is 13.8 Å². The number of Topliss-reactive ketones (excluding diaryl/α,β-unsaturated/α-hetero) is 1. The standard InChI is InChI=1S/C13H19NO5/c1-7(15)11(12(18)19)14-6-8-9(16)4-13(2,3)5-10(8)17/h6-7,11,15-16H,4-5H2,1-3H3,(H,18,19)/t7-,11+/m1/s1. The second-order valence-corrected chi connectivity index (χ2v) is 5.60. The quantitative estimate of drug-likeness (QED) is 0.662. The minimum Gasteiger partial charge on any atom is -0.511 e. The first kappa shape index (κ1) is 15.4. The second kappa shape index (κ2) is 5.52. The van der Waals surface area contributed by atoms with Crippen LogP contribution >= 0.6 is 0 Å². The summed E-state index contributed by atoms with van der Waals surface area (Å²) >= 11 is 0. The Morgan fingerprint density at radius 2 is 2.00 bits per heavy atom. The van der Waals surface area contributed by atoms with Crippen LogP contribution in [0, 0.1) is 5.41 Å². The molecule has 106 valence electrons. The Morgan fingerprint density at radius 3 is 2.42 bits per heavy atom. The molecule has 0 unspecified atom stereocenters. The minimum absolute atomic E-state index is 0.0335. The van der Waals surface area contributed by atoms with Crippen LogP contribution in [0.2, 0.25) is 0 Å². The van der Waals surface area contributed by atoms with Crippen LogP contribution in [-0.2, 0) is 9.59 Å². The van der Waals surface area contributed by atoms with Crippen molar-refractivity contribution in [3.05, 3.63) is 11.3 Å². The summed E-state index contributed by atoms with van der Waals surface area (Å²) in [5.41, 5.74) is -0.277. The van der Waals surface area contributed by atoms with Gasteiger partial charge >= 0.3 is 5.97 Å². The highest BCUT2D eigenvalue weighted by molar-refractivity contribution is 6.14. The number of carboxylic acids is 1. The number of hydrogen-bond donors (Lipinski definition) is 3. The van der Waals surface area contributed by atoms with Crippen LogP contribution in [-0.4, -0.2) is 45.4 Å². The Hall–Kier alpha value is -1.69. The van der Waals surface area contributed by atoms with Crippen LogP contribution < -0.4 is 0 Å². The van der Waals surface area contributed by atoms with E-state index < -0.39 is 18.1 Å². The summed E-state index contributed by atoms with van der Waals surface area (Å²) in [7, 11) is 0. The summed E-state index contributed by atoms with van der Waals surface area (Å²) < 4.78 is 0. The number of ketones is 1. The number of hydrogen-bond acceptors (Lipinski definition) is 5. The Morgan fingerprint density at radius 1 is 1.42 bits per heavy atom. The molecule has 0 saturated carbocycles. The number of nitrogens with zero attached hydrogens (tertiary/aromatic N) is 1. The van der Waals surface area contributed by atoms with Gasteiger partial charge in [0.2, 0.25) is 0 Å². The molecule has 0 amide bonds. The van der Waals surface area contributed by atoms with Crippen LogP contribution in [0.25, 0.3) is 0 Å². The summed E-state index contributed by atoms with van der Waals surface area (Å²) in [4.78, 5) is 26.4. The van der Waals surface area contributed by atoms with Gasteiger partial charge in [-0.2, -0.15) is 0 Å². The molecule has 0 spiro atoms. The number of carbonyl (C=O) groups excluding carboxylic acids is 1. The number of aliphatic imine (C=N–C) groups is 1. The van der Waals surface area contributed by atoms with Crippen molar-refractivity contribution in [3.8, 4) is 0 Å². The van der Waals surface area contributed by atoms with Crippen molar-refractivity contribution in [2.24, 2.45) is 10.4 Å². The number of aliphatic hydroxyl groups excluding tert-OH is 2. The molecular weight excluding hydrogens is 250 g/mol. The third-order valence-corrected chi connectivity index (χ3v) is 2.97. The summed E-state index contributed by atoms with van der Waals surface area (Å²) in [6, 6.07) is -1.34. The molecule has 1 rings (SSSR count). The number of aliphatic hydroxyl groups is 2. The molecule has 1 aliphatic rings. The molecule has 1 aliphatic carbocycles. The van der Waals surface area contributed by atoms with E-state index in [1.54, 1.807) is 0 Å². The number of allylic oxidation sites excluding steroid dienone is 2. The highest BCUT2D eigenvalue weighted by Crippen LogP contribution is 2.35. The summed E-state index contributed by atoms with van der Waals surface area (Å²) in [5, 5.41) is 27.9. The van der Waals surface area contributed by atoms with Gasteiger partial charge in [-0.25, -0.2) is 4.79 Å². The molecule has 3 N–H and O–H groups in total. The molecule has 0 aliphatic heterocycles. The van der Waals surface area contributed by atoms with Gasteiger partial charge in [-0.1, -0.05) is 13.8 Å². The van der Waals surface area contributed by atoms with E-state index in [9.17, 15) is 19.8 Å². The van der Waals surface area contributed by atoms with Crippen LogP contribution in [0.4, 0.5) is 0 Å². The Bertz CT molecular complexity index is 448. The predicted octanol–water partition coefficient (Wildman–Crippen LogP) is 1.09. The van der Waals surface area contributed by atoms with Crippen molar-refractivity contribution in [3.63, 3.8) is 0 Å². The summed E-state index contributed by atoms with van der Waals surface area (Å²) in [6.45, 7) is 5.03. The van der Waals surface area contributed by atoms with Gasteiger partial charge in [-0.15, -0.1) is 0 Å². The Labute approximate surface area is 111 Å². The first-order valence-corrected chi connectivity index (χ1v) is 6.03. The number of rotatable bonds is 4. The highest BCUT2D eigenvalue weighted by Gasteiger charge is 2.32. The van der Waals surface area contributed by atoms with E-state index in [2.05, 4.69) is 4.99 Å². The van der Waals surface area contributed by atoms with Crippen molar-refractivity contribution in [1.29, 1.82) is 0 Å². The lowest BCUT2D eigenvalue weighted by Crippen LogP contribution is -2.31. The lowest BCUT2D eigenvalue weighted by molar-refractivity contribution is -0.140. The fourth-order valence-electron chi connectivity index (χ4n) is 2.00. The van der Waals surface area contributed by atoms with Crippen LogP contribution in [0.5, 0.6) is 0 Å². The number of carboxylic acid groups (broad SMARTS) is 1. The lowest BCUT2D eigenvalue weighted by Gasteiger charge is -2.28. The third kappa shape index (κ3) is 3.89. The van der Waals surface area contributed by atoms with Gasteiger partial charge in [0, 0.05) is 19.1 Å². The van der Waals surface area contributed by atoms with Gasteiger partial charge in [0.25, 0.3) is 0 Å². The van der Waals surface area contributed by atoms with Crippen molar-refractivity contribution in [2.75, 3.05) is 0 Å². The van der Waals surface area contributed by atoms with Gasteiger partial charge in [0.1, 0.15) is 5.76 Å². The smallest absolute Gasteiger partial charge is 0.331 e. The van der Waals surface area contributed by atoms with Crippen molar-refractivity contribution in [1.82, 2.24) is 0 Å². The lowest BCUT2D eigenvalue weighted by atomic mass is 9.77. The zero-order valence-electron chi connectivity index (χ0n) is 11.3. The molecule has 0 bridgehead atoms. The van der Waals surface area contributed by atoms with Gasteiger partial charge in [-0.3, -0.25) is 9.79 Å². The third-order valence-electron chi connectivity index (χ3n) is 2.97. The monoisotopic (exact) mass is 269 g/mol. The van der Waals surface area contributed by atoms with E-state index in [-0.39, 0.29) is 29.0 Å². The van der Waals surface area contributed by atoms with E-state index in [0.717, 1.165) is 6.21 Å². The van der Waals surface area contributed by atoms with Crippen molar-refractivity contribution < 1.29 is 24.9 Å². The molecule has 0 fully saturated rings. The fraction of sp³-hybridized carbons (Fsp3) is 0.615. The van der Waals surface area contributed by atoms with Crippen LogP contribution in [0.1, 0.15) is 33.6 Å². The van der Waals surface area contributed by atoms with Crippen LogP contribution in [0.15, 0.2) is 16.3 Å². The maximum absolute atomic E-state index is 11.9. The highest BCUT2D eigenvalue weighted by atomic mass is 16.4. The Balaban J connectivity index is 2.98. The molecule has 0 heterocycles. The molecule has 6 nitrogen and oxygen atoms in total. The topological polar surface area (TPSA) is 107 Å². The molecule has 0 aromatic carbocycles.